The zero-order valence-corrected chi connectivity index (χ0v) is 12.1. The zero-order valence-electron chi connectivity index (χ0n) is 12.1. The van der Waals surface area contributed by atoms with Crippen molar-refractivity contribution >= 4 is 11.9 Å². The molecule has 1 aliphatic heterocycles. The number of rotatable bonds is 4. The molecule has 1 aliphatic rings. The van der Waals surface area contributed by atoms with E-state index in [1.807, 2.05) is 13.8 Å². The molecule has 106 valence electrons. The minimum absolute atomic E-state index is 0.284. The summed E-state index contributed by atoms with van der Waals surface area (Å²) in [6.07, 6.45) is 0.634. The van der Waals surface area contributed by atoms with E-state index < -0.39 is 5.97 Å². The number of hydrogen-bond donors (Lipinski definition) is 1. The quantitative estimate of drug-likeness (QED) is 0.788. The topological polar surface area (TPSA) is 64.6 Å². The summed E-state index contributed by atoms with van der Waals surface area (Å²) in [5.74, 6) is -1.08. The first-order chi connectivity index (χ1) is 8.97. The molecule has 0 saturated carbocycles. The van der Waals surface area contributed by atoms with Crippen LogP contribution in [0.15, 0.2) is 22.5 Å². The number of allylic oxidation sites excluding steroid dienone is 2. The maximum absolute atomic E-state index is 12.0. The van der Waals surface area contributed by atoms with Crippen LogP contribution in [0.4, 0.5) is 0 Å². The van der Waals surface area contributed by atoms with Crippen molar-refractivity contribution in [3.05, 3.63) is 22.5 Å². The minimum atomic E-state index is -0.411. The number of ether oxygens (including phenoxy) is 2. The maximum Gasteiger partial charge on any atom is 0.336 e. The Morgan fingerprint density at radius 1 is 1.11 bits per heavy atom. The van der Waals surface area contributed by atoms with E-state index in [0.29, 0.717) is 24.2 Å². The van der Waals surface area contributed by atoms with Crippen molar-refractivity contribution < 1.29 is 19.1 Å². The lowest BCUT2D eigenvalue weighted by Crippen LogP contribution is -2.33. The molecule has 0 fully saturated rings. The van der Waals surface area contributed by atoms with Crippen molar-refractivity contribution in [2.45, 2.75) is 34.1 Å². The minimum Gasteiger partial charge on any atom is -0.466 e. The molecule has 0 bridgehead atoms. The number of methoxy groups -OCH3 is 1. The third-order valence-corrected chi connectivity index (χ3v) is 3.19. The Morgan fingerprint density at radius 2 is 1.63 bits per heavy atom. The Balaban J connectivity index is 3.21. The first-order valence-corrected chi connectivity index (χ1v) is 6.41. The Morgan fingerprint density at radius 3 is 2.05 bits per heavy atom. The third kappa shape index (κ3) is 2.97. The van der Waals surface area contributed by atoms with E-state index in [4.69, 9.17) is 9.47 Å². The summed E-state index contributed by atoms with van der Waals surface area (Å²) < 4.78 is 9.87. The van der Waals surface area contributed by atoms with Gasteiger partial charge in [0.2, 0.25) is 0 Å². The molecule has 0 amide bonds. The van der Waals surface area contributed by atoms with Crippen LogP contribution in [0.2, 0.25) is 0 Å². The van der Waals surface area contributed by atoms with Gasteiger partial charge in [-0.2, -0.15) is 0 Å². The van der Waals surface area contributed by atoms with Gasteiger partial charge in [-0.15, -0.1) is 0 Å². The highest BCUT2D eigenvalue weighted by molar-refractivity contribution is 5.97. The van der Waals surface area contributed by atoms with Gasteiger partial charge in [0.05, 0.1) is 24.9 Å². The van der Waals surface area contributed by atoms with E-state index >= 15 is 0 Å². The molecule has 0 aliphatic carbocycles. The number of hydrogen-bond acceptors (Lipinski definition) is 5. The Bertz CT molecular complexity index is 448. The molecule has 1 N–H and O–H groups in total. The molecule has 1 heterocycles. The average molecular weight is 267 g/mol. The van der Waals surface area contributed by atoms with Gasteiger partial charge in [-0.1, -0.05) is 6.92 Å². The van der Waals surface area contributed by atoms with E-state index in [1.54, 1.807) is 13.8 Å². The van der Waals surface area contributed by atoms with Crippen LogP contribution >= 0.6 is 0 Å². The Labute approximate surface area is 113 Å². The number of esters is 2. The maximum atomic E-state index is 12.0. The molecule has 0 radical (unpaired) electrons. The van der Waals surface area contributed by atoms with Crippen LogP contribution in [0.3, 0.4) is 0 Å². The fourth-order valence-corrected chi connectivity index (χ4v) is 2.40. The van der Waals surface area contributed by atoms with Gasteiger partial charge in [0.15, 0.2) is 0 Å². The summed E-state index contributed by atoms with van der Waals surface area (Å²) in [4.78, 5) is 23.9. The lowest BCUT2D eigenvalue weighted by Gasteiger charge is -2.29. The molecule has 0 saturated heterocycles. The standard InChI is InChI=1S/C14H21NO4/c1-6-10-11(13(16)18-5)8(3)15-9(4)12(10)14(17)19-7-2/h10,15H,6-7H2,1-5H3. The number of carbonyl (C=O) groups is 2. The average Bonchev–Trinajstić information content (AvgIpc) is 2.36. The van der Waals surface area contributed by atoms with Gasteiger partial charge in [0.1, 0.15) is 0 Å². The molecule has 5 heteroatoms. The highest BCUT2D eigenvalue weighted by atomic mass is 16.5. The molecule has 0 aromatic rings. The molecule has 1 rings (SSSR count). The van der Waals surface area contributed by atoms with Crippen LogP contribution in [0, 0.1) is 5.92 Å². The molecular formula is C14H21NO4. The molecular weight excluding hydrogens is 246 g/mol. The lowest BCUT2D eigenvalue weighted by molar-refractivity contribution is -0.139. The molecule has 0 spiro atoms. The summed E-state index contributed by atoms with van der Waals surface area (Å²) in [5.41, 5.74) is 2.47. The first kappa shape index (κ1) is 15.3. The van der Waals surface area contributed by atoms with E-state index in [9.17, 15) is 9.59 Å². The predicted octanol–water partition coefficient (Wildman–Crippen LogP) is 1.90. The summed E-state index contributed by atoms with van der Waals surface area (Å²) in [6.45, 7) is 7.61. The Kier molecular flexibility index (Phi) is 5.15. The van der Waals surface area contributed by atoms with Crippen molar-refractivity contribution in [1.29, 1.82) is 0 Å². The largest absolute Gasteiger partial charge is 0.466 e. The third-order valence-electron chi connectivity index (χ3n) is 3.19. The van der Waals surface area contributed by atoms with Gasteiger partial charge in [-0.3, -0.25) is 0 Å². The van der Waals surface area contributed by atoms with Crippen LogP contribution < -0.4 is 5.32 Å². The van der Waals surface area contributed by atoms with Gasteiger partial charge in [-0.25, -0.2) is 9.59 Å². The van der Waals surface area contributed by atoms with Crippen molar-refractivity contribution in [3.8, 4) is 0 Å². The van der Waals surface area contributed by atoms with Crippen LogP contribution in [-0.2, 0) is 19.1 Å². The van der Waals surface area contributed by atoms with E-state index in [0.717, 1.165) is 11.4 Å². The second-order valence-electron chi connectivity index (χ2n) is 4.38. The second-order valence-corrected chi connectivity index (χ2v) is 4.38. The van der Waals surface area contributed by atoms with E-state index in [-0.39, 0.29) is 11.9 Å². The van der Waals surface area contributed by atoms with Crippen molar-refractivity contribution in [2.24, 2.45) is 5.92 Å². The number of carbonyl (C=O) groups excluding carboxylic acids is 2. The zero-order chi connectivity index (χ0) is 14.6. The highest BCUT2D eigenvalue weighted by Gasteiger charge is 2.35. The lowest BCUT2D eigenvalue weighted by atomic mass is 9.83. The smallest absolute Gasteiger partial charge is 0.336 e. The normalized spacial score (nSPS) is 19.1. The summed E-state index contributed by atoms with van der Waals surface area (Å²) in [5, 5.41) is 3.06. The summed E-state index contributed by atoms with van der Waals surface area (Å²) in [6, 6.07) is 0. The molecule has 0 aromatic heterocycles. The van der Waals surface area contributed by atoms with Crippen LogP contribution in [-0.4, -0.2) is 25.7 Å². The van der Waals surface area contributed by atoms with Crippen molar-refractivity contribution in [1.82, 2.24) is 5.32 Å². The molecule has 1 atom stereocenters. The van der Waals surface area contributed by atoms with Gasteiger partial charge in [-0.05, 0) is 27.2 Å². The van der Waals surface area contributed by atoms with Gasteiger partial charge in [0.25, 0.3) is 0 Å². The van der Waals surface area contributed by atoms with Gasteiger partial charge >= 0.3 is 11.9 Å². The van der Waals surface area contributed by atoms with Crippen LogP contribution in [0.5, 0.6) is 0 Å². The van der Waals surface area contributed by atoms with Crippen molar-refractivity contribution in [3.63, 3.8) is 0 Å². The van der Waals surface area contributed by atoms with Crippen LogP contribution in [0.25, 0.3) is 0 Å². The van der Waals surface area contributed by atoms with Gasteiger partial charge in [0, 0.05) is 17.3 Å². The summed E-state index contributed by atoms with van der Waals surface area (Å²) >= 11 is 0. The van der Waals surface area contributed by atoms with E-state index in [1.165, 1.54) is 7.11 Å². The van der Waals surface area contributed by atoms with Crippen molar-refractivity contribution in [2.75, 3.05) is 13.7 Å². The molecule has 5 nitrogen and oxygen atoms in total. The first-order valence-electron chi connectivity index (χ1n) is 6.41. The van der Waals surface area contributed by atoms with Crippen LogP contribution in [0.1, 0.15) is 34.1 Å². The second kappa shape index (κ2) is 6.41. The fraction of sp³-hybridized carbons (Fsp3) is 0.571. The summed E-state index contributed by atoms with van der Waals surface area (Å²) in [7, 11) is 1.34. The molecule has 1 unspecified atom stereocenters. The monoisotopic (exact) mass is 267 g/mol. The Hall–Kier alpha value is -1.78. The van der Waals surface area contributed by atoms with E-state index in [2.05, 4.69) is 5.32 Å². The highest BCUT2D eigenvalue weighted by Crippen LogP contribution is 2.33. The van der Waals surface area contributed by atoms with Gasteiger partial charge < -0.3 is 14.8 Å². The molecule has 0 aromatic carbocycles. The predicted molar refractivity (Wildman–Crippen MR) is 71.0 cm³/mol. The number of dihydropyridines is 1. The molecule has 19 heavy (non-hydrogen) atoms. The fourth-order valence-electron chi connectivity index (χ4n) is 2.40. The SMILES string of the molecule is CCOC(=O)C1=C(C)NC(C)=C(C(=O)OC)C1CC. The number of nitrogens with one attached hydrogen (secondary N) is 1.